The van der Waals surface area contributed by atoms with Crippen LogP contribution in [0.2, 0.25) is 0 Å². The first kappa shape index (κ1) is 22.1. The van der Waals surface area contributed by atoms with E-state index in [0.29, 0.717) is 13.1 Å². The van der Waals surface area contributed by atoms with Gasteiger partial charge in [-0.3, -0.25) is 9.98 Å². The van der Waals surface area contributed by atoms with Crippen LogP contribution < -0.4 is 11.1 Å². The Balaban J connectivity index is 1.43. The van der Waals surface area contributed by atoms with E-state index < -0.39 is 0 Å². The van der Waals surface area contributed by atoms with E-state index in [9.17, 15) is 0 Å². The van der Waals surface area contributed by atoms with Crippen molar-refractivity contribution in [3.63, 3.8) is 0 Å². The van der Waals surface area contributed by atoms with E-state index in [0.717, 1.165) is 60.4 Å². The molecule has 2 fully saturated rings. The predicted molar refractivity (Wildman–Crippen MR) is 132 cm³/mol. The first-order valence-electron chi connectivity index (χ1n) is 11.2. The number of piperidine rings is 1. The highest BCUT2D eigenvalue weighted by molar-refractivity contribution is 6.03. The van der Waals surface area contributed by atoms with Crippen LogP contribution in [0.3, 0.4) is 0 Å². The van der Waals surface area contributed by atoms with Crippen molar-refractivity contribution in [3.05, 3.63) is 54.5 Å². The largest absolute Gasteiger partial charge is 0.344 e. The van der Waals surface area contributed by atoms with Crippen LogP contribution in [0.15, 0.2) is 63.9 Å². The molecule has 3 unspecified atom stereocenters. The fourth-order valence-corrected chi connectivity index (χ4v) is 4.66. The number of likely N-dealkylation sites (tertiary alicyclic amines) is 1. The molecule has 0 aromatic heterocycles. The number of aliphatic imine (C=N–C) groups is 3. The monoisotopic (exact) mass is 434 g/mol. The highest BCUT2D eigenvalue weighted by Gasteiger charge is 2.43. The van der Waals surface area contributed by atoms with Gasteiger partial charge in [-0.25, -0.2) is 4.99 Å². The molecule has 0 saturated carbocycles. The molecule has 3 heterocycles. The van der Waals surface area contributed by atoms with Crippen LogP contribution >= 0.6 is 0 Å². The van der Waals surface area contributed by atoms with Crippen molar-refractivity contribution in [2.75, 3.05) is 33.2 Å². The lowest BCUT2D eigenvalue weighted by Crippen LogP contribution is -2.56. The Morgan fingerprint density at radius 2 is 2.09 bits per heavy atom. The Morgan fingerprint density at radius 1 is 1.31 bits per heavy atom. The first-order valence-corrected chi connectivity index (χ1v) is 11.2. The van der Waals surface area contributed by atoms with E-state index in [1.54, 1.807) is 0 Å². The lowest BCUT2D eigenvalue weighted by atomic mass is 10.1. The third-order valence-electron chi connectivity index (χ3n) is 6.55. The average Bonchev–Trinajstić information content (AvgIpc) is 3.26. The number of likely N-dealkylation sites (N-methyl/N-ethyl adjacent to an activating group) is 1. The SMILES string of the molecule is C=Nc1ccccc1C(C)=NCCN1C(=C)C2NC(N3CCCC(N)C3)=NC2N(C)C1=C. The number of guanidine groups is 1. The van der Waals surface area contributed by atoms with E-state index in [1.807, 2.05) is 38.2 Å². The first-order chi connectivity index (χ1) is 15.4. The number of fused-ring (bicyclic) bond motifs is 1. The predicted octanol–water partition coefficient (Wildman–Crippen LogP) is 2.14. The van der Waals surface area contributed by atoms with Gasteiger partial charge in [-0.2, -0.15) is 0 Å². The van der Waals surface area contributed by atoms with Crippen LogP contribution in [0.1, 0.15) is 25.3 Å². The third kappa shape index (κ3) is 4.14. The van der Waals surface area contributed by atoms with Crippen molar-refractivity contribution >= 4 is 24.1 Å². The second-order valence-electron chi connectivity index (χ2n) is 8.65. The standard InChI is InChI=1S/C24H34N8/c1-16(20-10-6-7-11-21(20)26-4)27-12-14-32-17(2)22-23(30(5)18(32)3)29-24(28-22)31-13-8-9-19(25)15-31/h6-7,10-11,19,22-23H,2-4,8-9,12-15,25H2,1,5H3,(H,28,29). The van der Waals surface area contributed by atoms with E-state index in [2.05, 4.69) is 44.9 Å². The fraction of sp³-hybridized carbons (Fsp3) is 0.458. The molecule has 0 radical (unpaired) electrons. The van der Waals surface area contributed by atoms with Crippen LogP contribution in [0.4, 0.5) is 5.69 Å². The van der Waals surface area contributed by atoms with Crippen LogP contribution in [0.5, 0.6) is 0 Å². The highest BCUT2D eigenvalue weighted by Crippen LogP contribution is 2.32. The summed E-state index contributed by atoms with van der Waals surface area (Å²) in [6.45, 7) is 17.5. The zero-order valence-corrected chi connectivity index (χ0v) is 19.2. The van der Waals surface area contributed by atoms with Gasteiger partial charge in [0.2, 0.25) is 0 Å². The van der Waals surface area contributed by atoms with Gasteiger partial charge in [-0.1, -0.05) is 31.4 Å². The highest BCUT2D eigenvalue weighted by atomic mass is 15.5. The maximum Gasteiger partial charge on any atom is 0.196 e. The molecule has 0 bridgehead atoms. The molecule has 4 rings (SSSR count). The van der Waals surface area contributed by atoms with E-state index in [4.69, 9.17) is 15.7 Å². The molecular formula is C24H34N8. The summed E-state index contributed by atoms with van der Waals surface area (Å²) in [4.78, 5) is 20.4. The van der Waals surface area contributed by atoms with Crippen LogP contribution in [-0.2, 0) is 0 Å². The molecule has 3 N–H and O–H groups in total. The second kappa shape index (κ2) is 9.16. The Kier molecular flexibility index (Phi) is 6.32. The average molecular weight is 435 g/mol. The van der Waals surface area contributed by atoms with Gasteiger partial charge < -0.3 is 25.8 Å². The van der Waals surface area contributed by atoms with Crippen LogP contribution in [-0.4, -0.2) is 84.6 Å². The Labute approximate surface area is 190 Å². The summed E-state index contributed by atoms with van der Waals surface area (Å²) in [7, 11) is 2.04. The van der Waals surface area contributed by atoms with Crippen molar-refractivity contribution in [1.82, 2.24) is 20.0 Å². The molecule has 3 aliphatic rings. The minimum atomic E-state index is -0.0461. The van der Waals surface area contributed by atoms with Crippen molar-refractivity contribution in [2.24, 2.45) is 20.7 Å². The number of hydrogen-bond acceptors (Lipinski definition) is 8. The maximum atomic E-state index is 6.18. The molecule has 0 spiro atoms. The number of para-hydroxylation sites is 1. The molecule has 32 heavy (non-hydrogen) atoms. The van der Waals surface area contributed by atoms with Crippen molar-refractivity contribution in [1.29, 1.82) is 0 Å². The van der Waals surface area contributed by atoms with Crippen molar-refractivity contribution in [3.8, 4) is 0 Å². The summed E-state index contributed by atoms with van der Waals surface area (Å²) in [6, 6.07) is 8.12. The number of benzene rings is 1. The number of nitrogens with zero attached hydrogens (tertiary/aromatic N) is 6. The number of nitrogens with one attached hydrogen (secondary N) is 1. The summed E-state index contributed by atoms with van der Waals surface area (Å²) < 4.78 is 0. The van der Waals surface area contributed by atoms with Gasteiger partial charge in [0, 0.05) is 49.7 Å². The Hall–Kier alpha value is -3.13. The van der Waals surface area contributed by atoms with Gasteiger partial charge in [0.15, 0.2) is 12.1 Å². The summed E-state index contributed by atoms with van der Waals surface area (Å²) in [5.74, 6) is 1.81. The third-order valence-corrected chi connectivity index (χ3v) is 6.55. The minimum Gasteiger partial charge on any atom is -0.344 e. The summed E-state index contributed by atoms with van der Waals surface area (Å²) in [5, 5.41) is 3.60. The van der Waals surface area contributed by atoms with Gasteiger partial charge in [0.05, 0.1) is 12.2 Å². The molecular weight excluding hydrogens is 400 g/mol. The lowest BCUT2D eigenvalue weighted by molar-refractivity contribution is 0.157. The molecule has 170 valence electrons. The summed E-state index contributed by atoms with van der Waals surface area (Å²) in [5.41, 5.74) is 9.95. The Bertz CT molecular complexity index is 965. The smallest absolute Gasteiger partial charge is 0.196 e. The van der Waals surface area contributed by atoms with Crippen molar-refractivity contribution in [2.45, 2.75) is 38.0 Å². The zero-order valence-electron chi connectivity index (χ0n) is 19.2. The Morgan fingerprint density at radius 3 is 2.84 bits per heavy atom. The molecule has 2 saturated heterocycles. The summed E-state index contributed by atoms with van der Waals surface area (Å²) in [6.07, 6.45) is 2.12. The summed E-state index contributed by atoms with van der Waals surface area (Å²) >= 11 is 0. The van der Waals surface area contributed by atoms with E-state index in [-0.39, 0.29) is 18.2 Å². The van der Waals surface area contributed by atoms with Gasteiger partial charge in [-0.15, -0.1) is 0 Å². The molecule has 0 aliphatic carbocycles. The second-order valence-corrected chi connectivity index (χ2v) is 8.65. The topological polar surface area (TPSA) is 84.8 Å². The van der Waals surface area contributed by atoms with Crippen LogP contribution in [0, 0.1) is 0 Å². The quantitative estimate of drug-likeness (QED) is 0.694. The molecule has 8 nitrogen and oxygen atoms in total. The zero-order chi connectivity index (χ0) is 22.8. The van der Waals surface area contributed by atoms with E-state index >= 15 is 0 Å². The van der Waals surface area contributed by atoms with Gasteiger partial charge in [0.1, 0.15) is 11.9 Å². The number of rotatable bonds is 5. The molecule has 0 amide bonds. The maximum absolute atomic E-state index is 6.18. The lowest BCUT2D eigenvalue weighted by Gasteiger charge is -2.45. The van der Waals surface area contributed by atoms with E-state index in [1.165, 1.54) is 0 Å². The molecule has 1 aromatic carbocycles. The van der Waals surface area contributed by atoms with Gasteiger partial charge in [0.25, 0.3) is 0 Å². The van der Waals surface area contributed by atoms with Crippen molar-refractivity contribution < 1.29 is 0 Å². The molecule has 8 heteroatoms. The number of nitrogens with two attached hydrogens (primary N) is 1. The fourth-order valence-electron chi connectivity index (χ4n) is 4.66. The number of hydrogen-bond donors (Lipinski definition) is 2. The van der Waals surface area contributed by atoms with Gasteiger partial charge >= 0.3 is 0 Å². The molecule has 3 aliphatic heterocycles. The van der Waals surface area contributed by atoms with Gasteiger partial charge in [-0.05, 0) is 32.5 Å². The normalized spacial score (nSPS) is 26.1. The van der Waals surface area contributed by atoms with Crippen LogP contribution in [0.25, 0.3) is 0 Å². The molecule has 1 aromatic rings. The minimum absolute atomic E-state index is 0.00872. The molecule has 3 atom stereocenters.